The molecule has 0 aliphatic rings. The Morgan fingerprint density at radius 2 is 1.68 bits per heavy atom. The Morgan fingerprint density at radius 1 is 1.02 bits per heavy atom. The van der Waals surface area contributed by atoms with Gasteiger partial charge in [0.05, 0.1) is 22.6 Å². The lowest BCUT2D eigenvalue weighted by Gasteiger charge is -2.32. The van der Waals surface area contributed by atoms with Gasteiger partial charge in [-0.2, -0.15) is 0 Å². The smallest absolute Gasteiger partial charge is 0.273 e. The Bertz CT molecular complexity index is 1520. The second kappa shape index (κ2) is 13.3. The third-order valence-electron chi connectivity index (χ3n) is 6.72. The fourth-order valence-electron chi connectivity index (χ4n) is 4.23. The van der Waals surface area contributed by atoms with Gasteiger partial charge in [-0.3, -0.25) is 24.0 Å². The number of ether oxygens (including phenoxy) is 1. The second-order valence-corrected chi connectivity index (χ2v) is 11.3. The standard InChI is InChI=1S/C29H34N4O7S/c1-6-30-29(35)22(4)31(18-23-10-8-7-9-20(23)2)28(34)19-32(24-12-14-25(40-5)15-13-24)41(38,39)26-16-11-21(3)27(17-26)33(36)37/h7-17,22H,6,18-19H2,1-5H3,(H,30,35)/t22-/m1/s1. The summed E-state index contributed by atoms with van der Waals surface area (Å²) in [6.07, 6.45) is 0. The zero-order valence-electron chi connectivity index (χ0n) is 23.7. The number of hydrogen-bond donors (Lipinski definition) is 1. The number of sulfonamides is 1. The zero-order chi connectivity index (χ0) is 30.3. The van der Waals surface area contributed by atoms with Gasteiger partial charge in [0.15, 0.2) is 0 Å². The topological polar surface area (TPSA) is 139 Å². The molecular weight excluding hydrogens is 548 g/mol. The van der Waals surface area contributed by atoms with E-state index in [4.69, 9.17) is 4.74 Å². The first-order valence-corrected chi connectivity index (χ1v) is 14.4. The fourth-order valence-corrected chi connectivity index (χ4v) is 5.66. The van der Waals surface area contributed by atoms with E-state index in [-0.39, 0.29) is 28.7 Å². The molecule has 0 saturated carbocycles. The van der Waals surface area contributed by atoms with Crippen molar-refractivity contribution in [2.75, 3.05) is 24.5 Å². The van der Waals surface area contributed by atoms with E-state index in [1.807, 2.05) is 31.2 Å². The van der Waals surface area contributed by atoms with Gasteiger partial charge in [-0.25, -0.2) is 8.42 Å². The summed E-state index contributed by atoms with van der Waals surface area (Å²) in [4.78, 5) is 38.6. The van der Waals surface area contributed by atoms with Gasteiger partial charge in [-0.05, 0) is 69.2 Å². The van der Waals surface area contributed by atoms with Crippen molar-refractivity contribution in [3.05, 3.63) is 93.5 Å². The van der Waals surface area contributed by atoms with Gasteiger partial charge in [0, 0.05) is 24.7 Å². The number of nitro groups is 1. The van der Waals surface area contributed by atoms with Crippen molar-refractivity contribution in [1.29, 1.82) is 0 Å². The summed E-state index contributed by atoms with van der Waals surface area (Å²) in [5.41, 5.74) is 1.77. The number of likely N-dealkylation sites (N-methyl/N-ethyl adjacent to an activating group) is 1. The van der Waals surface area contributed by atoms with E-state index in [0.29, 0.717) is 17.9 Å². The van der Waals surface area contributed by atoms with Crippen LogP contribution in [0.3, 0.4) is 0 Å². The van der Waals surface area contributed by atoms with Crippen molar-refractivity contribution >= 4 is 33.2 Å². The number of carbonyl (C=O) groups is 2. The number of amides is 2. The highest BCUT2D eigenvalue weighted by Gasteiger charge is 2.33. The van der Waals surface area contributed by atoms with Crippen molar-refractivity contribution in [2.24, 2.45) is 0 Å². The number of nitrogens with zero attached hydrogens (tertiary/aromatic N) is 3. The summed E-state index contributed by atoms with van der Waals surface area (Å²) in [7, 11) is -3.01. The number of carbonyl (C=O) groups excluding carboxylic acids is 2. The Kier molecular flexibility index (Phi) is 10.1. The van der Waals surface area contributed by atoms with Crippen LogP contribution in [0.1, 0.15) is 30.5 Å². The van der Waals surface area contributed by atoms with Gasteiger partial charge in [0.1, 0.15) is 18.3 Å². The van der Waals surface area contributed by atoms with Crippen LogP contribution in [0.2, 0.25) is 0 Å². The number of hydrogen-bond acceptors (Lipinski definition) is 7. The van der Waals surface area contributed by atoms with E-state index in [9.17, 15) is 28.1 Å². The van der Waals surface area contributed by atoms with Crippen LogP contribution in [0.5, 0.6) is 5.75 Å². The van der Waals surface area contributed by atoms with Gasteiger partial charge in [0.25, 0.3) is 15.7 Å². The summed E-state index contributed by atoms with van der Waals surface area (Å²) >= 11 is 0. The molecular formula is C29H34N4O7S. The quantitative estimate of drug-likeness (QED) is 0.252. The lowest BCUT2D eigenvalue weighted by molar-refractivity contribution is -0.385. The molecule has 218 valence electrons. The predicted molar refractivity (Wildman–Crippen MR) is 155 cm³/mol. The van der Waals surface area contributed by atoms with E-state index in [2.05, 4.69) is 5.32 Å². The summed E-state index contributed by atoms with van der Waals surface area (Å²) < 4.78 is 34.0. The molecule has 0 radical (unpaired) electrons. The average molecular weight is 583 g/mol. The number of anilines is 1. The Hall–Kier alpha value is -4.45. The third-order valence-corrected chi connectivity index (χ3v) is 8.49. The second-order valence-electron chi connectivity index (χ2n) is 9.43. The van der Waals surface area contributed by atoms with Crippen LogP contribution in [0.25, 0.3) is 0 Å². The van der Waals surface area contributed by atoms with Gasteiger partial charge in [-0.1, -0.05) is 30.3 Å². The molecule has 0 fully saturated rings. The molecule has 3 rings (SSSR count). The molecule has 0 unspecified atom stereocenters. The Morgan fingerprint density at radius 3 is 2.27 bits per heavy atom. The van der Waals surface area contributed by atoms with Crippen LogP contribution in [0.15, 0.2) is 71.6 Å². The number of aryl methyl sites for hydroxylation is 2. The normalized spacial score (nSPS) is 11.8. The molecule has 12 heteroatoms. The van der Waals surface area contributed by atoms with Gasteiger partial charge in [-0.15, -0.1) is 0 Å². The number of nitrogens with one attached hydrogen (secondary N) is 1. The van der Waals surface area contributed by atoms with Crippen molar-refractivity contribution in [2.45, 2.75) is 45.2 Å². The number of methoxy groups -OCH3 is 1. The first-order valence-electron chi connectivity index (χ1n) is 12.9. The molecule has 1 atom stereocenters. The maximum absolute atomic E-state index is 14.0. The molecule has 41 heavy (non-hydrogen) atoms. The summed E-state index contributed by atoms with van der Waals surface area (Å²) in [5.74, 6) is -0.551. The molecule has 0 bridgehead atoms. The van der Waals surface area contributed by atoms with Crippen LogP contribution in [0, 0.1) is 24.0 Å². The van der Waals surface area contributed by atoms with E-state index < -0.39 is 33.4 Å². The SMILES string of the molecule is CCNC(=O)[C@@H](C)N(Cc1ccccc1C)C(=O)CN(c1ccc(OC)cc1)S(=O)(=O)c1ccc(C)c([N+](=O)[O-])c1. The largest absolute Gasteiger partial charge is 0.497 e. The first-order chi connectivity index (χ1) is 19.4. The van der Waals surface area contributed by atoms with E-state index in [1.54, 1.807) is 26.0 Å². The van der Waals surface area contributed by atoms with Gasteiger partial charge in [0.2, 0.25) is 11.8 Å². The summed E-state index contributed by atoms with van der Waals surface area (Å²) in [5, 5.41) is 14.3. The number of rotatable bonds is 12. The molecule has 2 amide bonds. The average Bonchev–Trinajstić information content (AvgIpc) is 2.95. The maximum atomic E-state index is 14.0. The Balaban J connectivity index is 2.10. The molecule has 0 aromatic heterocycles. The van der Waals surface area contributed by atoms with Crippen LogP contribution in [-0.4, -0.2) is 56.3 Å². The van der Waals surface area contributed by atoms with E-state index >= 15 is 0 Å². The highest BCUT2D eigenvalue weighted by Crippen LogP contribution is 2.29. The highest BCUT2D eigenvalue weighted by atomic mass is 32.2. The lowest BCUT2D eigenvalue weighted by Crippen LogP contribution is -2.51. The van der Waals surface area contributed by atoms with Crippen molar-refractivity contribution in [3.63, 3.8) is 0 Å². The van der Waals surface area contributed by atoms with Crippen LogP contribution in [0.4, 0.5) is 11.4 Å². The van der Waals surface area contributed by atoms with Crippen molar-refractivity contribution < 1.29 is 27.7 Å². The molecule has 0 heterocycles. The number of nitro benzene ring substituents is 1. The van der Waals surface area contributed by atoms with E-state index in [0.717, 1.165) is 21.5 Å². The predicted octanol–water partition coefficient (Wildman–Crippen LogP) is 3.97. The van der Waals surface area contributed by atoms with Crippen LogP contribution < -0.4 is 14.4 Å². The molecule has 0 saturated heterocycles. The zero-order valence-corrected chi connectivity index (χ0v) is 24.5. The minimum atomic E-state index is -4.47. The van der Waals surface area contributed by atoms with Crippen molar-refractivity contribution in [1.82, 2.24) is 10.2 Å². The Labute approximate surface area is 239 Å². The van der Waals surface area contributed by atoms with Gasteiger partial charge < -0.3 is 15.0 Å². The summed E-state index contributed by atoms with van der Waals surface area (Å²) in [6.45, 7) is 6.49. The maximum Gasteiger partial charge on any atom is 0.273 e. The summed E-state index contributed by atoms with van der Waals surface area (Å²) in [6, 6.07) is 16.1. The first kappa shape index (κ1) is 31.1. The lowest BCUT2D eigenvalue weighted by atomic mass is 10.1. The molecule has 3 aromatic rings. The van der Waals surface area contributed by atoms with Gasteiger partial charge >= 0.3 is 0 Å². The molecule has 11 nitrogen and oxygen atoms in total. The molecule has 0 aliphatic carbocycles. The molecule has 0 spiro atoms. The molecule has 3 aromatic carbocycles. The minimum Gasteiger partial charge on any atom is -0.497 e. The molecule has 0 aliphatic heterocycles. The fraction of sp³-hybridized carbons (Fsp3) is 0.310. The highest BCUT2D eigenvalue weighted by molar-refractivity contribution is 7.92. The number of benzene rings is 3. The van der Waals surface area contributed by atoms with Crippen LogP contribution in [-0.2, 0) is 26.2 Å². The monoisotopic (exact) mass is 582 g/mol. The minimum absolute atomic E-state index is 0.0658. The van der Waals surface area contributed by atoms with Crippen molar-refractivity contribution in [3.8, 4) is 5.75 Å². The molecule has 1 N–H and O–H groups in total. The van der Waals surface area contributed by atoms with E-state index in [1.165, 1.54) is 43.2 Å². The third kappa shape index (κ3) is 7.20. The van der Waals surface area contributed by atoms with Crippen LogP contribution >= 0.6 is 0 Å².